The zero-order valence-corrected chi connectivity index (χ0v) is 8.16. The summed E-state index contributed by atoms with van der Waals surface area (Å²) in [6.07, 6.45) is 0. The fraction of sp³-hybridized carbons (Fsp3) is 0.125. The Hall–Kier alpha value is -0.580. The second-order valence-electron chi connectivity index (χ2n) is 2.16. The van der Waals surface area contributed by atoms with Gasteiger partial charge in [0.05, 0.1) is 22.6 Å². The van der Waals surface area contributed by atoms with Crippen LogP contribution in [0.25, 0.3) is 0 Å². The average Bonchev–Trinajstić information content (AvgIpc) is 1.85. The summed E-state index contributed by atoms with van der Waals surface area (Å²) in [6.45, 7) is 1.95. The quantitative estimate of drug-likeness (QED) is 0.574. The molecule has 0 bridgehead atoms. The van der Waals surface area contributed by atoms with Gasteiger partial charge < -0.3 is 4.74 Å². The molecule has 1 aromatic carbocycles. The van der Waals surface area contributed by atoms with Gasteiger partial charge in [-0.25, -0.2) is 4.79 Å². The van der Waals surface area contributed by atoms with Crippen molar-refractivity contribution in [1.29, 1.82) is 0 Å². The monoisotopic (exact) mass is 262 g/mol. The van der Waals surface area contributed by atoms with Crippen LogP contribution < -0.4 is 4.74 Å². The van der Waals surface area contributed by atoms with E-state index in [1.165, 1.54) is 0 Å². The van der Waals surface area contributed by atoms with Crippen LogP contribution in [0.4, 0.5) is 4.79 Å². The lowest BCUT2D eigenvalue weighted by Crippen LogP contribution is -1.94. The van der Waals surface area contributed by atoms with Gasteiger partial charge in [0.15, 0.2) is 0 Å². The van der Waals surface area contributed by atoms with Crippen LogP contribution in [-0.2, 0) is 0 Å². The van der Waals surface area contributed by atoms with Crippen LogP contribution >= 0.6 is 22.6 Å². The van der Waals surface area contributed by atoms with Gasteiger partial charge >= 0.3 is 3.98 Å². The molecular formula is C8H7IO2. The molecule has 0 aliphatic heterocycles. The summed E-state index contributed by atoms with van der Waals surface area (Å²) in [5.74, 6) is 0.601. The van der Waals surface area contributed by atoms with Gasteiger partial charge in [0.2, 0.25) is 0 Å². The van der Waals surface area contributed by atoms with E-state index in [-0.39, 0.29) is 3.98 Å². The predicted molar refractivity (Wildman–Crippen MR) is 51.2 cm³/mol. The Morgan fingerprint density at radius 3 is 2.82 bits per heavy atom. The standard InChI is InChI=1S/C8H7IO2/c1-6-3-2-4-7(5-6)11-8(9)10/h2-5H,1H3. The third-order valence-electron chi connectivity index (χ3n) is 1.19. The number of halogens is 1. The maximum absolute atomic E-state index is 10.5. The van der Waals surface area contributed by atoms with Crippen molar-refractivity contribution in [2.24, 2.45) is 0 Å². The van der Waals surface area contributed by atoms with Crippen molar-refractivity contribution in [3.8, 4) is 5.75 Å². The van der Waals surface area contributed by atoms with E-state index in [4.69, 9.17) is 4.74 Å². The largest absolute Gasteiger partial charge is 0.419 e. The third kappa shape index (κ3) is 2.88. The van der Waals surface area contributed by atoms with Gasteiger partial charge in [-0.1, -0.05) is 12.1 Å². The van der Waals surface area contributed by atoms with E-state index in [1.807, 2.05) is 25.1 Å². The van der Waals surface area contributed by atoms with E-state index in [0.29, 0.717) is 5.75 Å². The lowest BCUT2D eigenvalue weighted by atomic mass is 10.2. The minimum Gasteiger partial charge on any atom is -0.419 e. The molecule has 0 N–H and O–H groups in total. The van der Waals surface area contributed by atoms with Gasteiger partial charge in [0, 0.05) is 0 Å². The molecule has 1 aromatic rings. The summed E-state index contributed by atoms with van der Waals surface area (Å²) in [5.41, 5.74) is 1.08. The molecule has 0 spiro atoms. The molecule has 0 saturated carbocycles. The highest BCUT2D eigenvalue weighted by molar-refractivity contribution is 14.1. The molecule has 2 nitrogen and oxygen atoms in total. The number of rotatable bonds is 1. The van der Waals surface area contributed by atoms with Crippen LogP contribution in [0.5, 0.6) is 5.75 Å². The summed E-state index contributed by atoms with van der Waals surface area (Å²) in [5, 5.41) is 0. The van der Waals surface area contributed by atoms with Crippen LogP contribution in [0.1, 0.15) is 5.56 Å². The first-order chi connectivity index (χ1) is 5.18. The Balaban J connectivity index is 2.79. The molecule has 0 heterocycles. The van der Waals surface area contributed by atoms with E-state index in [2.05, 4.69) is 0 Å². The Bertz CT molecular complexity index is 271. The Labute approximate surface area is 78.7 Å². The van der Waals surface area contributed by atoms with E-state index < -0.39 is 0 Å². The van der Waals surface area contributed by atoms with Gasteiger partial charge in [0.1, 0.15) is 5.75 Å². The maximum atomic E-state index is 10.5. The smallest absolute Gasteiger partial charge is 0.372 e. The van der Waals surface area contributed by atoms with E-state index in [0.717, 1.165) is 5.56 Å². The van der Waals surface area contributed by atoms with Crippen LogP contribution in [0.15, 0.2) is 24.3 Å². The molecule has 0 amide bonds. The van der Waals surface area contributed by atoms with E-state index in [9.17, 15) is 4.79 Å². The van der Waals surface area contributed by atoms with Crippen LogP contribution in [0.3, 0.4) is 0 Å². The van der Waals surface area contributed by atoms with Crippen molar-refractivity contribution in [3.63, 3.8) is 0 Å². The van der Waals surface area contributed by atoms with E-state index in [1.54, 1.807) is 28.7 Å². The minimum atomic E-state index is -0.312. The van der Waals surface area contributed by atoms with E-state index >= 15 is 0 Å². The Morgan fingerprint density at radius 1 is 1.55 bits per heavy atom. The van der Waals surface area contributed by atoms with Crippen molar-refractivity contribution in [2.45, 2.75) is 6.92 Å². The summed E-state index contributed by atoms with van der Waals surface area (Å²) in [4.78, 5) is 10.5. The molecule has 0 saturated heterocycles. The number of hydrogen-bond donors (Lipinski definition) is 0. The first kappa shape index (κ1) is 8.52. The molecule has 3 heteroatoms. The van der Waals surface area contributed by atoms with Gasteiger partial charge in [0.25, 0.3) is 0 Å². The van der Waals surface area contributed by atoms with Crippen molar-refractivity contribution >= 4 is 26.6 Å². The van der Waals surface area contributed by atoms with Crippen LogP contribution in [0, 0.1) is 6.92 Å². The molecule has 0 unspecified atom stereocenters. The Kier molecular flexibility index (Phi) is 2.87. The topological polar surface area (TPSA) is 26.3 Å². The number of hydrogen-bond acceptors (Lipinski definition) is 2. The highest BCUT2D eigenvalue weighted by atomic mass is 127. The van der Waals surface area contributed by atoms with Gasteiger partial charge in [-0.2, -0.15) is 0 Å². The SMILES string of the molecule is Cc1cccc(OC(=O)I)c1. The normalized spacial score (nSPS) is 9.27. The number of aryl methyl sites for hydroxylation is 1. The van der Waals surface area contributed by atoms with Gasteiger partial charge in [-0.3, -0.25) is 0 Å². The summed E-state index contributed by atoms with van der Waals surface area (Å²) in [7, 11) is 0. The molecule has 1 rings (SSSR count). The first-order valence-electron chi connectivity index (χ1n) is 3.12. The number of carbonyl (C=O) groups is 1. The second-order valence-corrected chi connectivity index (χ2v) is 3.04. The summed E-state index contributed by atoms with van der Waals surface area (Å²) in [6, 6.07) is 7.37. The van der Waals surface area contributed by atoms with Gasteiger partial charge in [-0.15, -0.1) is 0 Å². The zero-order chi connectivity index (χ0) is 8.27. The molecule has 0 fully saturated rings. The fourth-order valence-electron chi connectivity index (χ4n) is 0.771. The summed E-state index contributed by atoms with van der Waals surface area (Å²) >= 11 is 1.60. The number of benzene rings is 1. The van der Waals surface area contributed by atoms with Crippen molar-refractivity contribution in [1.82, 2.24) is 0 Å². The molecule has 0 radical (unpaired) electrons. The lowest BCUT2D eigenvalue weighted by molar-refractivity contribution is 0.230. The van der Waals surface area contributed by atoms with Crippen molar-refractivity contribution in [3.05, 3.63) is 29.8 Å². The molecule has 0 aromatic heterocycles. The molecule has 0 aliphatic carbocycles. The lowest BCUT2D eigenvalue weighted by Gasteiger charge is -1.99. The fourth-order valence-corrected chi connectivity index (χ4v) is 1.03. The molecule has 0 atom stereocenters. The van der Waals surface area contributed by atoms with Crippen LogP contribution in [0.2, 0.25) is 0 Å². The maximum Gasteiger partial charge on any atom is 0.372 e. The first-order valence-corrected chi connectivity index (χ1v) is 4.20. The Morgan fingerprint density at radius 2 is 2.27 bits per heavy atom. The predicted octanol–water partition coefficient (Wildman–Crippen LogP) is 2.93. The number of ether oxygens (including phenoxy) is 1. The third-order valence-corrected chi connectivity index (χ3v) is 1.41. The minimum absolute atomic E-state index is 0.312. The highest BCUT2D eigenvalue weighted by Crippen LogP contribution is 2.13. The molecule has 0 aliphatic rings. The highest BCUT2D eigenvalue weighted by Gasteiger charge is 1.97. The van der Waals surface area contributed by atoms with Crippen LogP contribution in [-0.4, -0.2) is 3.98 Å². The second kappa shape index (κ2) is 3.71. The summed E-state index contributed by atoms with van der Waals surface area (Å²) < 4.78 is 4.53. The zero-order valence-electron chi connectivity index (χ0n) is 6.00. The molecule has 11 heavy (non-hydrogen) atoms. The number of carbonyl (C=O) groups excluding carboxylic acids is 1. The van der Waals surface area contributed by atoms with Gasteiger partial charge in [-0.05, 0) is 24.6 Å². The van der Waals surface area contributed by atoms with Crippen molar-refractivity contribution < 1.29 is 9.53 Å². The average molecular weight is 262 g/mol. The van der Waals surface area contributed by atoms with Crippen molar-refractivity contribution in [2.75, 3.05) is 0 Å². The molecular weight excluding hydrogens is 255 g/mol. The molecule has 58 valence electrons.